The van der Waals surface area contributed by atoms with E-state index in [0.717, 1.165) is 43.4 Å². The fourth-order valence-electron chi connectivity index (χ4n) is 4.78. The molecule has 1 aliphatic carbocycles. The lowest BCUT2D eigenvalue weighted by Crippen LogP contribution is -2.45. The van der Waals surface area contributed by atoms with Crippen LogP contribution in [-0.4, -0.2) is 63.9 Å². The molecule has 8 heteroatoms. The van der Waals surface area contributed by atoms with Crippen molar-refractivity contribution in [2.45, 2.75) is 58.5 Å². The Hall–Kier alpha value is -2.90. The van der Waals surface area contributed by atoms with Crippen molar-refractivity contribution in [3.63, 3.8) is 0 Å². The van der Waals surface area contributed by atoms with Crippen LogP contribution in [0.5, 0.6) is 0 Å². The first-order valence-electron chi connectivity index (χ1n) is 11.7. The predicted octanol–water partition coefficient (Wildman–Crippen LogP) is 4.22. The van der Waals surface area contributed by atoms with E-state index in [4.69, 9.17) is 4.74 Å². The van der Waals surface area contributed by atoms with E-state index in [9.17, 15) is 14.0 Å². The molecule has 0 bridgehead atoms. The summed E-state index contributed by atoms with van der Waals surface area (Å²) in [6, 6.07) is 6.53. The van der Waals surface area contributed by atoms with Gasteiger partial charge in [0.25, 0.3) is 5.91 Å². The molecule has 0 spiro atoms. The summed E-state index contributed by atoms with van der Waals surface area (Å²) in [4.78, 5) is 29.3. The highest BCUT2D eigenvalue weighted by atomic mass is 19.1. The first kappa shape index (κ1) is 23.3. The number of amides is 2. The summed E-state index contributed by atoms with van der Waals surface area (Å²) >= 11 is 0. The lowest BCUT2D eigenvalue weighted by molar-refractivity contribution is 0.0244. The SMILES string of the molecule is CN(CC1CCCN(C(=O)c2nn(-c3ccccc3F)c3c2CCC3)C1)C(=O)OC(C)(C)C. The van der Waals surface area contributed by atoms with Gasteiger partial charge in [0.2, 0.25) is 0 Å². The number of halogens is 1. The Kier molecular flexibility index (Phi) is 6.45. The third-order valence-corrected chi connectivity index (χ3v) is 6.26. The molecule has 0 N–H and O–H groups in total. The van der Waals surface area contributed by atoms with Crippen LogP contribution in [0.1, 0.15) is 61.8 Å². The smallest absolute Gasteiger partial charge is 0.410 e. The highest BCUT2D eigenvalue weighted by molar-refractivity contribution is 5.94. The first-order valence-corrected chi connectivity index (χ1v) is 11.7. The van der Waals surface area contributed by atoms with Gasteiger partial charge in [-0.05, 0) is 70.9 Å². The Bertz CT molecular complexity index is 1040. The molecular formula is C25H33FN4O3. The van der Waals surface area contributed by atoms with Crippen LogP contribution >= 0.6 is 0 Å². The molecule has 2 amide bonds. The zero-order valence-corrected chi connectivity index (χ0v) is 19.9. The number of rotatable bonds is 4. The van der Waals surface area contributed by atoms with E-state index in [0.29, 0.717) is 31.0 Å². The third kappa shape index (κ3) is 5.04. The molecule has 2 heterocycles. The standard InChI is InChI=1S/C25H33FN4O3/c1-25(2,3)33-24(32)28(4)15-17-9-8-14-29(16-17)23(31)22-18-10-7-13-20(18)30(27-22)21-12-6-5-11-19(21)26/h5-6,11-12,17H,7-10,13-16H2,1-4H3. The van der Waals surface area contributed by atoms with Crippen LogP contribution in [0.25, 0.3) is 5.69 Å². The van der Waals surface area contributed by atoms with Gasteiger partial charge >= 0.3 is 6.09 Å². The topological polar surface area (TPSA) is 67.7 Å². The fourth-order valence-corrected chi connectivity index (χ4v) is 4.78. The monoisotopic (exact) mass is 456 g/mol. The van der Waals surface area contributed by atoms with Crippen LogP contribution < -0.4 is 0 Å². The largest absolute Gasteiger partial charge is 0.444 e. The van der Waals surface area contributed by atoms with Crippen molar-refractivity contribution < 1.29 is 18.7 Å². The van der Waals surface area contributed by atoms with Gasteiger partial charge in [0.15, 0.2) is 5.69 Å². The van der Waals surface area contributed by atoms with E-state index in [1.54, 1.807) is 34.8 Å². The average molecular weight is 457 g/mol. The number of para-hydroxylation sites is 1. The second-order valence-electron chi connectivity index (χ2n) is 10.1. The average Bonchev–Trinajstić information content (AvgIpc) is 3.36. The number of hydrogen-bond donors (Lipinski definition) is 0. The van der Waals surface area contributed by atoms with Gasteiger partial charge in [0.1, 0.15) is 17.1 Å². The Balaban J connectivity index is 1.49. The van der Waals surface area contributed by atoms with Crippen molar-refractivity contribution in [3.8, 4) is 5.69 Å². The summed E-state index contributed by atoms with van der Waals surface area (Å²) in [5, 5.41) is 4.59. The molecule has 1 fully saturated rings. The van der Waals surface area contributed by atoms with Crippen molar-refractivity contribution in [2.75, 3.05) is 26.7 Å². The van der Waals surface area contributed by atoms with Crippen molar-refractivity contribution >= 4 is 12.0 Å². The lowest BCUT2D eigenvalue weighted by Gasteiger charge is -2.35. The molecular weight excluding hydrogens is 423 g/mol. The Labute approximate surface area is 194 Å². The number of carbonyl (C=O) groups excluding carboxylic acids is 2. The van der Waals surface area contributed by atoms with Crippen molar-refractivity contribution in [1.29, 1.82) is 0 Å². The van der Waals surface area contributed by atoms with Gasteiger partial charge < -0.3 is 14.5 Å². The molecule has 33 heavy (non-hydrogen) atoms. The maximum Gasteiger partial charge on any atom is 0.410 e. The minimum absolute atomic E-state index is 0.104. The van der Waals surface area contributed by atoms with Crippen LogP contribution in [0.15, 0.2) is 24.3 Å². The molecule has 7 nitrogen and oxygen atoms in total. The van der Waals surface area contributed by atoms with Crippen LogP contribution in [-0.2, 0) is 17.6 Å². The number of nitrogens with zero attached hydrogens (tertiary/aromatic N) is 4. The molecule has 1 aromatic carbocycles. The van der Waals surface area contributed by atoms with Crippen molar-refractivity contribution in [3.05, 3.63) is 47.0 Å². The molecule has 1 aromatic heterocycles. The van der Waals surface area contributed by atoms with Gasteiger partial charge in [-0.15, -0.1) is 0 Å². The number of piperidine rings is 1. The van der Waals surface area contributed by atoms with Crippen molar-refractivity contribution in [1.82, 2.24) is 19.6 Å². The molecule has 1 atom stereocenters. The first-order chi connectivity index (χ1) is 15.6. The van der Waals surface area contributed by atoms with E-state index >= 15 is 0 Å². The molecule has 2 aromatic rings. The summed E-state index contributed by atoms with van der Waals surface area (Å²) in [5.41, 5.74) is 2.15. The molecule has 4 rings (SSSR count). The minimum Gasteiger partial charge on any atom is -0.444 e. The molecule has 178 valence electrons. The van der Waals surface area contributed by atoms with E-state index in [1.165, 1.54) is 6.07 Å². The zero-order valence-electron chi connectivity index (χ0n) is 19.9. The number of carbonyl (C=O) groups is 2. The summed E-state index contributed by atoms with van der Waals surface area (Å²) in [6.45, 7) is 7.29. The lowest BCUT2D eigenvalue weighted by atomic mass is 9.97. The molecule has 0 radical (unpaired) electrons. The number of fused-ring (bicyclic) bond motifs is 1. The number of hydrogen-bond acceptors (Lipinski definition) is 4. The van der Waals surface area contributed by atoms with Crippen LogP contribution in [0.2, 0.25) is 0 Å². The zero-order chi connectivity index (χ0) is 23.8. The van der Waals surface area contributed by atoms with E-state index < -0.39 is 5.60 Å². The van der Waals surface area contributed by atoms with Gasteiger partial charge in [-0.1, -0.05) is 12.1 Å². The number of aromatic nitrogens is 2. The van der Waals surface area contributed by atoms with Crippen LogP contribution in [0, 0.1) is 11.7 Å². The number of ether oxygens (including phenoxy) is 1. The fraction of sp³-hybridized carbons (Fsp3) is 0.560. The van der Waals surface area contributed by atoms with Gasteiger partial charge in [0.05, 0.1) is 0 Å². The highest BCUT2D eigenvalue weighted by Gasteiger charge is 2.33. The van der Waals surface area contributed by atoms with E-state index in [2.05, 4.69) is 5.10 Å². The van der Waals surface area contributed by atoms with Gasteiger partial charge in [-0.25, -0.2) is 13.9 Å². The molecule has 1 aliphatic heterocycles. The second-order valence-corrected chi connectivity index (χ2v) is 10.1. The molecule has 0 saturated carbocycles. The summed E-state index contributed by atoms with van der Waals surface area (Å²) in [6.07, 6.45) is 3.96. The predicted molar refractivity (Wildman–Crippen MR) is 123 cm³/mol. The van der Waals surface area contributed by atoms with Crippen LogP contribution in [0.3, 0.4) is 0 Å². The maximum absolute atomic E-state index is 14.5. The van der Waals surface area contributed by atoms with Crippen molar-refractivity contribution in [2.24, 2.45) is 5.92 Å². The van der Waals surface area contributed by atoms with E-state index in [1.807, 2.05) is 25.7 Å². The van der Waals surface area contributed by atoms with E-state index in [-0.39, 0.29) is 23.7 Å². The molecule has 1 saturated heterocycles. The third-order valence-electron chi connectivity index (χ3n) is 6.26. The Morgan fingerprint density at radius 2 is 1.97 bits per heavy atom. The Morgan fingerprint density at radius 3 is 2.70 bits per heavy atom. The Morgan fingerprint density at radius 1 is 1.21 bits per heavy atom. The normalized spacial score (nSPS) is 18.2. The second kappa shape index (κ2) is 9.15. The molecule has 1 unspecified atom stereocenters. The number of benzene rings is 1. The number of likely N-dealkylation sites (tertiary alicyclic amines) is 1. The highest BCUT2D eigenvalue weighted by Crippen LogP contribution is 2.30. The quantitative estimate of drug-likeness (QED) is 0.691. The molecule has 2 aliphatic rings. The van der Waals surface area contributed by atoms with Gasteiger partial charge in [-0.3, -0.25) is 4.79 Å². The summed E-state index contributed by atoms with van der Waals surface area (Å²) < 4.78 is 21.5. The summed E-state index contributed by atoms with van der Waals surface area (Å²) in [7, 11) is 1.73. The minimum atomic E-state index is -0.544. The van der Waals surface area contributed by atoms with Gasteiger partial charge in [0, 0.05) is 37.9 Å². The summed E-state index contributed by atoms with van der Waals surface area (Å²) in [5.74, 6) is -0.285. The maximum atomic E-state index is 14.5. The van der Waals surface area contributed by atoms with Crippen LogP contribution in [0.4, 0.5) is 9.18 Å². The van der Waals surface area contributed by atoms with Gasteiger partial charge in [-0.2, -0.15) is 5.10 Å².